The van der Waals surface area contributed by atoms with Gasteiger partial charge in [0.25, 0.3) is 0 Å². The van der Waals surface area contributed by atoms with Crippen LogP contribution in [0.4, 0.5) is 28.4 Å². The zero-order chi connectivity index (χ0) is 35.5. The molecule has 0 bridgehead atoms. The molecule has 0 radical (unpaired) electrons. The zero-order valence-corrected chi connectivity index (χ0v) is 30.0. The van der Waals surface area contributed by atoms with E-state index < -0.39 is 0 Å². The second-order valence-electron chi connectivity index (χ2n) is 15.0. The molecule has 0 fully saturated rings. The van der Waals surface area contributed by atoms with Crippen LogP contribution < -0.4 is 9.80 Å². The fourth-order valence-corrected chi connectivity index (χ4v) is 8.93. The van der Waals surface area contributed by atoms with Crippen molar-refractivity contribution in [2.45, 2.75) is 31.2 Å². The Hall–Kier alpha value is -6.38. The fraction of sp³-hybridized carbons (Fsp3) is 0.0980. The second-order valence-corrected chi connectivity index (χ2v) is 15.0. The quantitative estimate of drug-likeness (QED) is 0.172. The molecule has 0 spiro atoms. The third kappa shape index (κ3) is 5.17. The molecule has 2 aliphatic carbocycles. The molecule has 254 valence electrons. The van der Waals surface area contributed by atoms with E-state index in [9.17, 15) is 0 Å². The molecule has 2 nitrogen and oxygen atoms in total. The molecule has 2 unspecified atom stereocenters. The molecule has 1 heterocycles. The average molecular weight is 681 g/mol. The van der Waals surface area contributed by atoms with Crippen LogP contribution in [0.5, 0.6) is 0 Å². The van der Waals surface area contributed by atoms with Crippen molar-refractivity contribution in [3.63, 3.8) is 0 Å². The highest BCUT2D eigenvalue weighted by Gasteiger charge is 2.38. The van der Waals surface area contributed by atoms with Crippen LogP contribution in [-0.2, 0) is 5.41 Å². The molecule has 7 aromatic carbocycles. The summed E-state index contributed by atoms with van der Waals surface area (Å²) in [6.45, 7) is 4.71. The molecule has 0 saturated carbocycles. The monoisotopic (exact) mass is 680 g/mol. The number of benzene rings is 7. The summed E-state index contributed by atoms with van der Waals surface area (Å²) in [6, 6.07) is 62.7. The maximum absolute atomic E-state index is 2.49. The molecule has 53 heavy (non-hydrogen) atoms. The molecular formula is C51H40N2. The van der Waals surface area contributed by atoms with Gasteiger partial charge in [0.1, 0.15) is 0 Å². The standard InChI is InChI=1S/C51H40N2/c1-51(2)47-19-11-9-17-43(47)44-31-30-42(34-48(44)51)52(40-26-21-36(22-27-40)35-13-5-3-6-14-35)41-28-23-37(24-29-41)38-25-32-50-46(33-38)45-18-10-12-20-49(45)53(50)39-15-7-4-8-16-39/h3-34,45,49H,1-2H3. The molecule has 1 aliphatic heterocycles. The minimum absolute atomic E-state index is 0.0827. The van der Waals surface area contributed by atoms with Crippen molar-refractivity contribution < 1.29 is 0 Å². The maximum atomic E-state index is 2.49. The number of nitrogens with zero attached hydrogens (tertiary/aromatic N) is 2. The van der Waals surface area contributed by atoms with E-state index in [0.717, 1.165) is 17.1 Å². The van der Waals surface area contributed by atoms with Crippen LogP contribution in [-0.4, -0.2) is 6.04 Å². The van der Waals surface area contributed by atoms with Crippen molar-refractivity contribution in [3.05, 3.63) is 211 Å². The van der Waals surface area contributed by atoms with Crippen molar-refractivity contribution in [2.24, 2.45) is 0 Å². The number of hydrogen-bond donors (Lipinski definition) is 0. The van der Waals surface area contributed by atoms with Gasteiger partial charge in [0.05, 0.1) is 6.04 Å². The van der Waals surface area contributed by atoms with E-state index in [1.54, 1.807) is 0 Å². The summed E-state index contributed by atoms with van der Waals surface area (Å²) in [5.41, 5.74) is 17.6. The first-order valence-corrected chi connectivity index (χ1v) is 18.7. The normalized spacial score (nSPS) is 17.2. The van der Waals surface area contributed by atoms with Gasteiger partial charge in [-0.05, 0) is 111 Å². The first-order valence-electron chi connectivity index (χ1n) is 18.7. The number of hydrogen-bond acceptors (Lipinski definition) is 2. The van der Waals surface area contributed by atoms with E-state index >= 15 is 0 Å². The van der Waals surface area contributed by atoms with Gasteiger partial charge in [0.15, 0.2) is 0 Å². The van der Waals surface area contributed by atoms with E-state index in [1.807, 2.05) is 0 Å². The smallest absolute Gasteiger partial charge is 0.0629 e. The predicted octanol–water partition coefficient (Wildman–Crippen LogP) is 13.5. The highest BCUT2D eigenvalue weighted by molar-refractivity contribution is 5.87. The lowest BCUT2D eigenvalue weighted by Crippen LogP contribution is -2.28. The lowest BCUT2D eigenvalue weighted by Gasteiger charge is -2.28. The molecule has 0 amide bonds. The van der Waals surface area contributed by atoms with E-state index in [-0.39, 0.29) is 11.5 Å². The van der Waals surface area contributed by atoms with Gasteiger partial charge in [-0.1, -0.05) is 147 Å². The highest BCUT2D eigenvalue weighted by atomic mass is 15.2. The number of rotatable bonds is 6. The minimum Gasteiger partial charge on any atom is -0.333 e. The summed E-state index contributed by atoms with van der Waals surface area (Å²) in [5, 5.41) is 0. The lowest BCUT2D eigenvalue weighted by atomic mass is 9.82. The molecule has 2 heteroatoms. The summed E-state index contributed by atoms with van der Waals surface area (Å²) in [7, 11) is 0. The van der Waals surface area contributed by atoms with Crippen molar-refractivity contribution in [3.8, 4) is 33.4 Å². The fourth-order valence-electron chi connectivity index (χ4n) is 8.93. The molecule has 3 aliphatic rings. The predicted molar refractivity (Wildman–Crippen MR) is 223 cm³/mol. The van der Waals surface area contributed by atoms with Crippen LogP contribution in [0, 0.1) is 0 Å². The van der Waals surface area contributed by atoms with Crippen LogP contribution >= 0.6 is 0 Å². The maximum Gasteiger partial charge on any atom is 0.0629 e. The van der Waals surface area contributed by atoms with Crippen LogP contribution in [0.15, 0.2) is 194 Å². The Morgan fingerprint density at radius 3 is 1.77 bits per heavy atom. The SMILES string of the molecule is CC1(C)c2ccccc2-c2ccc(N(c3ccc(-c4ccccc4)cc3)c3ccc(-c4ccc5c(c4)C4C=CC=CC4N5c4ccccc4)cc3)cc21. The first-order chi connectivity index (χ1) is 26.0. The Kier molecular flexibility index (Phi) is 7.33. The van der Waals surface area contributed by atoms with Gasteiger partial charge in [-0.15, -0.1) is 0 Å². The molecular weight excluding hydrogens is 641 g/mol. The lowest BCUT2D eigenvalue weighted by molar-refractivity contribution is 0.660. The van der Waals surface area contributed by atoms with Crippen LogP contribution in [0.1, 0.15) is 36.5 Å². The number of allylic oxidation sites excluding steroid dienone is 2. The van der Waals surface area contributed by atoms with E-state index in [2.05, 4.69) is 218 Å². The Bertz CT molecular complexity index is 2530. The minimum atomic E-state index is -0.0827. The molecule has 7 aromatic rings. The number of para-hydroxylation sites is 1. The van der Waals surface area contributed by atoms with Gasteiger partial charge in [0.2, 0.25) is 0 Å². The van der Waals surface area contributed by atoms with Crippen molar-refractivity contribution in [1.82, 2.24) is 0 Å². The highest BCUT2D eigenvalue weighted by Crippen LogP contribution is 2.51. The molecule has 0 N–H and O–H groups in total. The van der Waals surface area contributed by atoms with Crippen LogP contribution in [0.2, 0.25) is 0 Å². The average Bonchev–Trinajstić information content (AvgIpc) is 3.67. The second kappa shape index (κ2) is 12.4. The Morgan fingerprint density at radius 1 is 0.472 bits per heavy atom. The molecule has 10 rings (SSSR count). The summed E-state index contributed by atoms with van der Waals surface area (Å²) < 4.78 is 0. The summed E-state index contributed by atoms with van der Waals surface area (Å²) >= 11 is 0. The number of fused-ring (bicyclic) bond motifs is 6. The van der Waals surface area contributed by atoms with Crippen molar-refractivity contribution in [1.29, 1.82) is 0 Å². The van der Waals surface area contributed by atoms with Gasteiger partial charge < -0.3 is 9.80 Å². The Balaban J connectivity index is 1.04. The third-order valence-electron chi connectivity index (χ3n) is 11.6. The summed E-state index contributed by atoms with van der Waals surface area (Å²) in [5.74, 6) is 0.318. The van der Waals surface area contributed by atoms with Gasteiger partial charge in [-0.25, -0.2) is 0 Å². The van der Waals surface area contributed by atoms with Crippen LogP contribution in [0.25, 0.3) is 33.4 Å². The van der Waals surface area contributed by atoms with Gasteiger partial charge in [0, 0.05) is 39.8 Å². The van der Waals surface area contributed by atoms with Gasteiger partial charge in [-0.2, -0.15) is 0 Å². The summed E-state index contributed by atoms with van der Waals surface area (Å²) in [4.78, 5) is 4.90. The summed E-state index contributed by atoms with van der Waals surface area (Å²) in [6.07, 6.45) is 9.08. The van der Waals surface area contributed by atoms with E-state index in [1.165, 1.54) is 61.4 Å². The molecule has 2 atom stereocenters. The first kappa shape index (κ1) is 31.4. The Labute approximate surface area is 312 Å². The van der Waals surface area contributed by atoms with Crippen molar-refractivity contribution >= 4 is 28.4 Å². The van der Waals surface area contributed by atoms with E-state index in [0.29, 0.717) is 5.92 Å². The zero-order valence-electron chi connectivity index (χ0n) is 30.0. The number of anilines is 5. The van der Waals surface area contributed by atoms with Gasteiger partial charge >= 0.3 is 0 Å². The Morgan fingerprint density at radius 2 is 1.04 bits per heavy atom. The third-order valence-corrected chi connectivity index (χ3v) is 11.6. The molecule has 0 saturated heterocycles. The van der Waals surface area contributed by atoms with Crippen molar-refractivity contribution in [2.75, 3.05) is 9.80 Å². The van der Waals surface area contributed by atoms with E-state index in [4.69, 9.17) is 0 Å². The van der Waals surface area contributed by atoms with Gasteiger partial charge in [-0.3, -0.25) is 0 Å². The van der Waals surface area contributed by atoms with Crippen LogP contribution in [0.3, 0.4) is 0 Å². The largest absolute Gasteiger partial charge is 0.333 e. The molecule has 0 aromatic heterocycles. The topological polar surface area (TPSA) is 6.48 Å².